The van der Waals surface area contributed by atoms with Crippen LogP contribution in [-0.2, 0) is 27.2 Å². The van der Waals surface area contributed by atoms with E-state index in [-0.39, 0.29) is 12.2 Å². The second-order valence-electron chi connectivity index (χ2n) is 10.0. The number of phenols is 1. The number of rotatable bonds is 6. The summed E-state index contributed by atoms with van der Waals surface area (Å²) in [6.07, 6.45) is 2.53. The largest absolute Gasteiger partial charge is 0.508 e. The maximum Gasteiger partial charge on any atom is 0.325 e. The molecule has 4 N–H and O–H groups in total. The van der Waals surface area contributed by atoms with Crippen LogP contribution in [0.5, 0.6) is 5.75 Å². The van der Waals surface area contributed by atoms with E-state index in [1.165, 1.54) is 6.07 Å². The van der Waals surface area contributed by atoms with Crippen molar-refractivity contribution in [1.29, 1.82) is 0 Å². The molecule has 2 saturated heterocycles. The number of H-pyrrole nitrogens is 1. The lowest BCUT2D eigenvalue weighted by molar-refractivity contribution is -0.148. The number of imide groups is 1. The van der Waals surface area contributed by atoms with Crippen LogP contribution in [0.4, 0.5) is 5.69 Å². The SMILES string of the molecule is CCc1ccc(N2C(=O)[C@@H]3[C@@H](c4ccccc4O)N[C@](Cc4c[nH]c5ccccc45)(C(=O)O)[C@@H]3C2=O)cc1. The minimum absolute atomic E-state index is 0.0285. The summed E-state index contributed by atoms with van der Waals surface area (Å²) in [7, 11) is 0. The maximum absolute atomic E-state index is 14.1. The van der Waals surface area contributed by atoms with Crippen LogP contribution in [0.3, 0.4) is 0 Å². The minimum Gasteiger partial charge on any atom is -0.508 e. The lowest BCUT2D eigenvalue weighted by Crippen LogP contribution is -2.57. The average molecular weight is 510 g/mol. The molecule has 0 unspecified atom stereocenters. The van der Waals surface area contributed by atoms with E-state index in [1.807, 2.05) is 43.3 Å². The Balaban J connectivity index is 1.51. The van der Waals surface area contributed by atoms with Crippen molar-refractivity contribution in [3.63, 3.8) is 0 Å². The molecule has 0 bridgehead atoms. The van der Waals surface area contributed by atoms with Crippen LogP contribution < -0.4 is 10.2 Å². The first-order valence-electron chi connectivity index (χ1n) is 12.7. The van der Waals surface area contributed by atoms with Gasteiger partial charge in [-0.05, 0) is 41.8 Å². The highest BCUT2D eigenvalue weighted by Crippen LogP contribution is 2.52. The lowest BCUT2D eigenvalue weighted by atomic mass is 9.76. The summed E-state index contributed by atoms with van der Waals surface area (Å²) in [6, 6.07) is 20.4. The fourth-order valence-corrected chi connectivity index (χ4v) is 6.17. The van der Waals surface area contributed by atoms with Gasteiger partial charge in [0.2, 0.25) is 11.8 Å². The quantitative estimate of drug-likeness (QED) is 0.292. The van der Waals surface area contributed by atoms with Gasteiger partial charge in [0.15, 0.2) is 0 Å². The standard InChI is InChI=1S/C30H27N3O5/c1-2-17-11-13-19(14-12-17)33-27(35)24-25(28(33)36)30(29(37)38,32-26(24)21-8-4-6-10-23(21)34)15-18-16-31-22-9-5-3-7-20(18)22/h3-14,16,24-26,31-32,34H,2,15H2,1H3,(H,37,38)/t24-,25-,26+,30-/m0/s1. The zero-order valence-corrected chi connectivity index (χ0v) is 20.7. The highest BCUT2D eigenvalue weighted by atomic mass is 16.4. The van der Waals surface area contributed by atoms with Crippen LogP contribution in [0.15, 0.2) is 79.0 Å². The summed E-state index contributed by atoms with van der Waals surface area (Å²) in [5.41, 5.74) is 1.64. The van der Waals surface area contributed by atoms with E-state index in [2.05, 4.69) is 10.3 Å². The number of aryl methyl sites for hydroxylation is 1. The molecule has 2 amide bonds. The van der Waals surface area contributed by atoms with Gasteiger partial charge < -0.3 is 15.2 Å². The van der Waals surface area contributed by atoms with Crippen molar-refractivity contribution >= 4 is 34.4 Å². The summed E-state index contributed by atoms with van der Waals surface area (Å²) in [5.74, 6) is -4.52. The number of carboxylic acids is 1. The molecule has 3 heterocycles. The molecule has 4 aromatic rings. The Bertz CT molecular complexity index is 1580. The number of carboxylic acid groups (broad SMARTS) is 1. The topological polar surface area (TPSA) is 123 Å². The molecule has 0 aliphatic carbocycles. The van der Waals surface area contributed by atoms with Gasteiger partial charge in [0, 0.05) is 35.1 Å². The molecule has 0 radical (unpaired) electrons. The summed E-state index contributed by atoms with van der Waals surface area (Å²) in [5, 5.41) is 25.4. The zero-order chi connectivity index (χ0) is 26.6. The molecule has 38 heavy (non-hydrogen) atoms. The smallest absolute Gasteiger partial charge is 0.325 e. The van der Waals surface area contributed by atoms with E-state index < -0.39 is 41.2 Å². The summed E-state index contributed by atoms with van der Waals surface area (Å²) in [6.45, 7) is 2.01. The fraction of sp³-hybridized carbons (Fsp3) is 0.233. The Kier molecular flexibility index (Phi) is 5.57. The number of amides is 2. The van der Waals surface area contributed by atoms with Gasteiger partial charge in [-0.2, -0.15) is 0 Å². The zero-order valence-electron chi connectivity index (χ0n) is 20.7. The Morgan fingerprint density at radius 2 is 1.68 bits per heavy atom. The number of nitrogens with one attached hydrogen (secondary N) is 2. The summed E-state index contributed by atoms with van der Waals surface area (Å²) in [4.78, 5) is 45.5. The monoisotopic (exact) mass is 509 g/mol. The van der Waals surface area contributed by atoms with Crippen molar-refractivity contribution in [3.8, 4) is 5.75 Å². The van der Waals surface area contributed by atoms with E-state index in [9.17, 15) is 24.6 Å². The molecule has 4 atom stereocenters. The van der Waals surface area contributed by atoms with E-state index in [0.29, 0.717) is 11.3 Å². The first-order chi connectivity index (χ1) is 18.4. The third-order valence-electron chi connectivity index (χ3n) is 8.05. The number of hydrogen-bond acceptors (Lipinski definition) is 5. The number of carbonyl (C=O) groups is 3. The summed E-state index contributed by atoms with van der Waals surface area (Å²) >= 11 is 0. The third-order valence-corrected chi connectivity index (χ3v) is 8.05. The average Bonchev–Trinajstić information content (AvgIpc) is 3.57. The van der Waals surface area contributed by atoms with Crippen molar-refractivity contribution in [1.82, 2.24) is 10.3 Å². The third kappa shape index (κ3) is 3.44. The number of anilines is 1. The predicted molar refractivity (Wildman–Crippen MR) is 142 cm³/mol. The van der Waals surface area contributed by atoms with Gasteiger partial charge in [0.25, 0.3) is 0 Å². The van der Waals surface area contributed by atoms with Crippen molar-refractivity contribution < 1.29 is 24.6 Å². The molecular weight excluding hydrogens is 482 g/mol. The number of fused-ring (bicyclic) bond motifs is 2. The molecular formula is C30H27N3O5. The first-order valence-corrected chi connectivity index (χ1v) is 12.7. The normalized spacial score (nSPS) is 24.8. The number of hydrogen-bond donors (Lipinski definition) is 4. The number of aromatic hydroxyl groups is 1. The molecule has 192 valence electrons. The van der Waals surface area contributed by atoms with Crippen LogP contribution in [0.2, 0.25) is 0 Å². The number of aromatic amines is 1. The van der Waals surface area contributed by atoms with Crippen LogP contribution in [0.1, 0.15) is 29.7 Å². The predicted octanol–water partition coefficient (Wildman–Crippen LogP) is 3.95. The van der Waals surface area contributed by atoms with Gasteiger partial charge >= 0.3 is 5.97 Å². The lowest BCUT2D eigenvalue weighted by Gasteiger charge is -2.31. The number of aromatic nitrogens is 1. The van der Waals surface area contributed by atoms with Crippen LogP contribution in [0.25, 0.3) is 10.9 Å². The van der Waals surface area contributed by atoms with Crippen molar-refractivity contribution in [2.24, 2.45) is 11.8 Å². The number of aliphatic carboxylic acids is 1. The van der Waals surface area contributed by atoms with Gasteiger partial charge in [-0.1, -0.05) is 55.5 Å². The van der Waals surface area contributed by atoms with Gasteiger partial charge in [-0.25, -0.2) is 4.90 Å². The summed E-state index contributed by atoms with van der Waals surface area (Å²) < 4.78 is 0. The van der Waals surface area contributed by atoms with Crippen LogP contribution in [-0.4, -0.2) is 38.5 Å². The maximum atomic E-state index is 14.1. The van der Waals surface area contributed by atoms with Gasteiger partial charge in [-0.15, -0.1) is 0 Å². The van der Waals surface area contributed by atoms with Gasteiger partial charge in [-0.3, -0.25) is 19.7 Å². The molecule has 2 aliphatic heterocycles. The number of phenolic OH excluding ortho intramolecular Hbond substituents is 1. The second-order valence-corrected chi connectivity index (χ2v) is 10.0. The molecule has 0 saturated carbocycles. The number of carbonyl (C=O) groups excluding carboxylic acids is 2. The molecule has 8 heteroatoms. The van der Waals surface area contributed by atoms with Crippen LogP contribution in [0, 0.1) is 11.8 Å². The number of para-hydroxylation sites is 2. The Hall–Kier alpha value is -4.43. The van der Waals surface area contributed by atoms with Crippen molar-refractivity contribution in [2.45, 2.75) is 31.3 Å². The van der Waals surface area contributed by atoms with Crippen molar-refractivity contribution in [2.75, 3.05) is 4.90 Å². The second kappa shape index (κ2) is 8.85. The van der Waals surface area contributed by atoms with E-state index in [4.69, 9.17) is 0 Å². The molecule has 1 aromatic heterocycles. The molecule has 0 spiro atoms. The Morgan fingerprint density at radius 1 is 0.974 bits per heavy atom. The molecule has 8 nitrogen and oxygen atoms in total. The van der Waals surface area contributed by atoms with Crippen molar-refractivity contribution in [3.05, 3.63) is 95.7 Å². The minimum atomic E-state index is -1.78. The fourth-order valence-electron chi connectivity index (χ4n) is 6.17. The Labute approximate surface area is 218 Å². The molecule has 3 aromatic carbocycles. The van der Waals surface area contributed by atoms with E-state index >= 15 is 0 Å². The molecule has 2 fully saturated rings. The molecule has 2 aliphatic rings. The van der Waals surface area contributed by atoms with Crippen LogP contribution >= 0.6 is 0 Å². The van der Waals surface area contributed by atoms with Gasteiger partial charge in [0.05, 0.1) is 17.5 Å². The first kappa shape index (κ1) is 23.9. The number of benzene rings is 3. The number of nitrogens with zero attached hydrogens (tertiary/aromatic N) is 1. The van der Waals surface area contributed by atoms with E-state index in [1.54, 1.807) is 36.5 Å². The van der Waals surface area contributed by atoms with E-state index in [0.717, 1.165) is 33.4 Å². The molecule has 6 rings (SSSR count). The highest BCUT2D eigenvalue weighted by molar-refractivity contribution is 6.24. The Morgan fingerprint density at radius 3 is 2.39 bits per heavy atom. The highest BCUT2D eigenvalue weighted by Gasteiger charge is 2.69. The van der Waals surface area contributed by atoms with Gasteiger partial charge in [0.1, 0.15) is 11.3 Å².